The van der Waals surface area contributed by atoms with Crippen molar-refractivity contribution in [2.24, 2.45) is 23.7 Å². The van der Waals surface area contributed by atoms with Gasteiger partial charge in [0.2, 0.25) is 5.91 Å². The predicted molar refractivity (Wildman–Crippen MR) is 104 cm³/mol. The normalized spacial score (nSPS) is 28.8. The molecule has 0 unspecified atom stereocenters. The second-order valence-electron chi connectivity index (χ2n) is 8.01. The highest BCUT2D eigenvalue weighted by atomic mass is 16.6. The van der Waals surface area contributed by atoms with Crippen LogP contribution in [0.2, 0.25) is 0 Å². The van der Waals surface area contributed by atoms with Crippen LogP contribution in [0, 0.1) is 23.7 Å². The highest BCUT2D eigenvalue weighted by Gasteiger charge is 2.63. The van der Waals surface area contributed by atoms with Gasteiger partial charge in [-0.1, -0.05) is 30.3 Å². The molecule has 29 heavy (non-hydrogen) atoms. The van der Waals surface area contributed by atoms with Crippen molar-refractivity contribution in [3.63, 3.8) is 0 Å². The molecule has 2 aromatic carbocycles. The summed E-state index contributed by atoms with van der Waals surface area (Å²) in [5.74, 6) is -0.0274. The van der Waals surface area contributed by atoms with E-state index in [2.05, 4.69) is 5.32 Å². The first-order chi connectivity index (χ1) is 14.1. The van der Waals surface area contributed by atoms with Crippen LogP contribution in [0.5, 0.6) is 5.75 Å². The van der Waals surface area contributed by atoms with Crippen molar-refractivity contribution in [2.45, 2.75) is 18.9 Å². The highest BCUT2D eigenvalue weighted by Crippen LogP contribution is 2.57. The first-order valence-electron chi connectivity index (χ1n) is 9.92. The lowest BCUT2D eigenvalue weighted by molar-refractivity contribution is -0.145. The second kappa shape index (κ2) is 7.03. The van der Waals surface area contributed by atoms with E-state index in [9.17, 15) is 14.4 Å². The molecule has 0 aromatic heterocycles. The van der Waals surface area contributed by atoms with Gasteiger partial charge < -0.3 is 14.8 Å². The zero-order valence-electron chi connectivity index (χ0n) is 15.7. The number of hydrogen-bond acceptors (Lipinski definition) is 5. The van der Waals surface area contributed by atoms with Crippen molar-refractivity contribution in [3.05, 3.63) is 60.2 Å². The van der Waals surface area contributed by atoms with Crippen molar-refractivity contribution in [3.8, 4) is 5.75 Å². The smallest absolute Gasteiger partial charge is 0.310 e. The Kier molecular flexibility index (Phi) is 4.34. The standard InChI is InChI=1S/C23H21NO5/c25-18(13-4-2-1-3-5-13)12-28-16-8-6-15(7-9-16)24-22(26)20-14-10-17-19(11-14)29-23(27)21(17)20/h1-9,14,17,19-21H,10-12H2,(H,24,26)/t14-,17+,19-,20+,21-/m0/s1. The third-order valence-corrected chi connectivity index (χ3v) is 6.37. The molecule has 3 fully saturated rings. The molecule has 1 N–H and O–H groups in total. The van der Waals surface area contributed by atoms with E-state index < -0.39 is 0 Å². The average Bonchev–Trinajstić information content (AvgIpc) is 3.36. The Labute approximate surface area is 168 Å². The lowest BCUT2D eigenvalue weighted by Crippen LogP contribution is -2.35. The van der Waals surface area contributed by atoms with Gasteiger partial charge in [-0.2, -0.15) is 0 Å². The third-order valence-electron chi connectivity index (χ3n) is 6.37. The van der Waals surface area contributed by atoms with Gasteiger partial charge in [0, 0.05) is 17.2 Å². The molecule has 0 radical (unpaired) electrons. The molecule has 2 aliphatic carbocycles. The fourth-order valence-electron chi connectivity index (χ4n) is 5.08. The zero-order valence-corrected chi connectivity index (χ0v) is 15.7. The summed E-state index contributed by atoms with van der Waals surface area (Å²) < 4.78 is 11.0. The van der Waals surface area contributed by atoms with Gasteiger partial charge in [0.25, 0.3) is 0 Å². The van der Waals surface area contributed by atoms with Gasteiger partial charge in [-0.25, -0.2) is 0 Å². The quantitative estimate of drug-likeness (QED) is 0.605. The van der Waals surface area contributed by atoms with Crippen LogP contribution in [0.4, 0.5) is 5.69 Å². The van der Waals surface area contributed by atoms with Crippen molar-refractivity contribution >= 4 is 23.3 Å². The zero-order chi connectivity index (χ0) is 20.0. The number of hydrogen-bond donors (Lipinski definition) is 1. The van der Waals surface area contributed by atoms with Crippen molar-refractivity contribution < 1.29 is 23.9 Å². The molecule has 6 nitrogen and oxygen atoms in total. The second-order valence-corrected chi connectivity index (χ2v) is 8.01. The van der Waals surface area contributed by atoms with Gasteiger partial charge in [0.05, 0.1) is 11.8 Å². The van der Waals surface area contributed by atoms with E-state index in [-0.39, 0.29) is 54.0 Å². The molecular formula is C23H21NO5. The third kappa shape index (κ3) is 3.18. The number of fused-ring (bicyclic) bond motifs is 1. The van der Waals surface area contributed by atoms with E-state index >= 15 is 0 Å². The maximum Gasteiger partial charge on any atom is 0.310 e. The number of esters is 1. The number of Topliss-reactive ketones (excluding diaryl/α,β-unsaturated/α-hetero) is 1. The van der Waals surface area contributed by atoms with E-state index in [1.807, 2.05) is 18.2 Å². The number of ketones is 1. The summed E-state index contributed by atoms with van der Waals surface area (Å²) in [5, 5.41) is 2.92. The van der Waals surface area contributed by atoms with Crippen molar-refractivity contribution in [1.29, 1.82) is 0 Å². The summed E-state index contributed by atoms with van der Waals surface area (Å²) >= 11 is 0. The van der Waals surface area contributed by atoms with Crippen molar-refractivity contribution in [2.75, 3.05) is 11.9 Å². The molecule has 5 atom stereocenters. The molecular weight excluding hydrogens is 370 g/mol. The lowest BCUT2D eigenvalue weighted by atomic mass is 9.79. The van der Waals surface area contributed by atoms with Crippen LogP contribution in [0.25, 0.3) is 0 Å². The van der Waals surface area contributed by atoms with E-state index in [1.54, 1.807) is 36.4 Å². The van der Waals surface area contributed by atoms with Gasteiger partial charge in [0.15, 0.2) is 12.4 Å². The number of nitrogens with one attached hydrogen (secondary N) is 1. The molecule has 2 aromatic rings. The van der Waals surface area contributed by atoms with E-state index in [0.29, 0.717) is 17.0 Å². The minimum Gasteiger partial charge on any atom is -0.485 e. The number of anilines is 1. The number of rotatable bonds is 6. The number of ether oxygens (including phenoxy) is 2. The molecule has 1 aliphatic heterocycles. The maximum atomic E-state index is 12.8. The fraction of sp³-hybridized carbons (Fsp3) is 0.348. The largest absolute Gasteiger partial charge is 0.485 e. The monoisotopic (exact) mass is 391 g/mol. The van der Waals surface area contributed by atoms with Crippen molar-refractivity contribution in [1.82, 2.24) is 0 Å². The first kappa shape index (κ1) is 17.9. The van der Waals surface area contributed by atoms with Gasteiger partial charge in [-0.05, 0) is 43.0 Å². The molecule has 6 heteroatoms. The van der Waals surface area contributed by atoms with Gasteiger partial charge >= 0.3 is 5.97 Å². The molecule has 1 amide bonds. The van der Waals surface area contributed by atoms with Crippen LogP contribution in [0.1, 0.15) is 23.2 Å². The minimum absolute atomic E-state index is 0.0246. The Hall–Kier alpha value is -3.15. The SMILES string of the molecule is O=C(COc1ccc(NC(=O)[C@@H]2[C@H]3C[C@H]4[C@@H]2C(=O)O[C@H]4C3)cc1)c1ccccc1. The molecule has 2 saturated carbocycles. The van der Waals surface area contributed by atoms with Gasteiger partial charge in [-0.15, -0.1) is 0 Å². The molecule has 1 heterocycles. The van der Waals surface area contributed by atoms with Gasteiger partial charge in [0.1, 0.15) is 11.9 Å². The van der Waals surface area contributed by atoms with E-state index in [4.69, 9.17) is 9.47 Å². The van der Waals surface area contributed by atoms with Crippen LogP contribution < -0.4 is 10.1 Å². The number of carbonyl (C=O) groups excluding carboxylic acids is 3. The Morgan fingerprint density at radius 3 is 2.55 bits per heavy atom. The van der Waals surface area contributed by atoms with Gasteiger partial charge in [-0.3, -0.25) is 14.4 Å². The summed E-state index contributed by atoms with van der Waals surface area (Å²) in [6, 6.07) is 15.9. The van der Waals surface area contributed by atoms with E-state index in [0.717, 1.165) is 12.8 Å². The Morgan fingerprint density at radius 1 is 1.03 bits per heavy atom. The van der Waals surface area contributed by atoms with Crippen LogP contribution in [-0.4, -0.2) is 30.4 Å². The lowest BCUT2D eigenvalue weighted by Gasteiger charge is -2.23. The Balaban J connectivity index is 1.18. The Bertz CT molecular complexity index is 953. The molecule has 1 saturated heterocycles. The Morgan fingerprint density at radius 2 is 1.79 bits per heavy atom. The summed E-state index contributed by atoms with van der Waals surface area (Å²) in [6.07, 6.45) is 1.73. The summed E-state index contributed by atoms with van der Waals surface area (Å²) in [5.41, 5.74) is 1.25. The topological polar surface area (TPSA) is 81.7 Å². The average molecular weight is 391 g/mol. The summed E-state index contributed by atoms with van der Waals surface area (Å²) in [4.78, 5) is 37.0. The van der Waals surface area contributed by atoms with Crippen LogP contribution >= 0.6 is 0 Å². The fourth-order valence-corrected chi connectivity index (χ4v) is 5.08. The molecule has 2 bridgehead atoms. The maximum absolute atomic E-state index is 12.8. The summed E-state index contributed by atoms with van der Waals surface area (Å²) in [7, 11) is 0. The highest BCUT2D eigenvalue weighted by molar-refractivity contribution is 5.97. The number of carbonyl (C=O) groups is 3. The summed E-state index contributed by atoms with van der Waals surface area (Å²) in [6.45, 7) is -0.0498. The number of benzene rings is 2. The molecule has 0 spiro atoms. The first-order valence-corrected chi connectivity index (χ1v) is 9.92. The van der Waals surface area contributed by atoms with Crippen LogP contribution in [0.3, 0.4) is 0 Å². The molecule has 148 valence electrons. The van der Waals surface area contributed by atoms with Crippen LogP contribution in [-0.2, 0) is 14.3 Å². The van der Waals surface area contributed by atoms with Crippen LogP contribution in [0.15, 0.2) is 54.6 Å². The molecule has 5 rings (SSSR count). The predicted octanol–water partition coefficient (Wildman–Crippen LogP) is 3.08. The van der Waals surface area contributed by atoms with E-state index in [1.165, 1.54) is 0 Å². The molecule has 3 aliphatic rings. The number of amides is 1. The minimum atomic E-state index is -0.300.